The third kappa shape index (κ3) is 5.25. The molecule has 1 amide bonds. The first kappa shape index (κ1) is 25.7. The third-order valence-corrected chi connectivity index (χ3v) is 6.20. The second-order valence-corrected chi connectivity index (χ2v) is 8.24. The molecule has 0 radical (unpaired) electrons. The Morgan fingerprint density at radius 3 is 1.97 bits per heavy atom. The quantitative estimate of drug-likeness (QED) is 0.454. The van der Waals surface area contributed by atoms with E-state index >= 15 is 0 Å². The number of aromatic nitrogens is 2. The molecule has 0 unspecified atom stereocenters. The van der Waals surface area contributed by atoms with E-state index in [-0.39, 0.29) is 5.91 Å². The number of benzene rings is 2. The van der Waals surface area contributed by atoms with Crippen LogP contribution in [0.15, 0.2) is 30.3 Å². The molecule has 1 fully saturated rings. The van der Waals surface area contributed by atoms with Crippen molar-refractivity contribution in [3.8, 4) is 28.7 Å². The molecule has 4 rings (SSSR count). The summed E-state index contributed by atoms with van der Waals surface area (Å²) in [6, 6.07) is 7.12. The van der Waals surface area contributed by atoms with Crippen LogP contribution in [-0.4, -0.2) is 82.5 Å². The van der Waals surface area contributed by atoms with Gasteiger partial charge in [-0.3, -0.25) is 4.79 Å². The van der Waals surface area contributed by atoms with E-state index in [0.717, 1.165) is 5.56 Å². The van der Waals surface area contributed by atoms with Gasteiger partial charge in [0, 0.05) is 43.7 Å². The highest BCUT2D eigenvalue weighted by molar-refractivity contribution is 5.93. The predicted octanol–water partition coefficient (Wildman–Crippen LogP) is 2.62. The van der Waals surface area contributed by atoms with Gasteiger partial charge in [-0.1, -0.05) is 0 Å². The zero-order valence-corrected chi connectivity index (χ0v) is 21.6. The van der Waals surface area contributed by atoms with Crippen LogP contribution in [0.4, 0.5) is 11.8 Å². The van der Waals surface area contributed by atoms with Gasteiger partial charge in [-0.15, -0.1) is 0 Å². The largest absolute Gasteiger partial charge is 0.493 e. The van der Waals surface area contributed by atoms with E-state index < -0.39 is 0 Å². The minimum Gasteiger partial charge on any atom is -0.493 e. The number of anilines is 2. The van der Waals surface area contributed by atoms with E-state index in [1.807, 2.05) is 4.90 Å². The topological polar surface area (TPSA) is 122 Å². The van der Waals surface area contributed by atoms with Crippen molar-refractivity contribution in [3.05, 3.63) is 35.9 Å². The number of nitrogen functional groups attached to an aromatic ring is 1. The summed E-state index contributed by atoms with van der Waals surface area (Å²) in [4.78, 5) is 25.8. The van der Waals surface area contributed by atoms with E-state index in [9.17, 15) is 4.79 Å². The number of rotatable bonds is 8. The molecule has 1 aromatic heterocycles. The normalized spacial score (nSPS) is 13.6. The zero-order valence-electron chi connectivity index (χ0n) is 21.6. The van der Waals surface area contributed by atoms with Gasteiger partial charge in [0.15, 0.2) is 23.0 Å². The maximum absolute atomic E-state index is 12.9. The van der Waals surface area contributed by atoms with Crippen LogP contribution in [0.3, 0.4) is 0 Å². The first-order valence-corrected chi connectivity index (χ1v) is 11.6. The molecule has 0 saturated carbocycles. The van der Waals surface area contributed by atoms with Crippen LogP contribution in [-0.2, 0) is 4.79 Å². The van der Waals surface area contributed by atoms with Gasteiger partial charge in [-0.25, -0.2) is 4.98 Å². The Morgan fingerprint density at radius 1 is 0.811 bits per heavy atom. The van der Waals surface area contributed by atoms with Crippen molar-refractivity contribution in [2.75, 3.05) is 72.4 Å². The Balaban J connectivity index is 1.45. The van der Waals surface area contributed by atoms with Gasteiger partial charge in [0.2, 0.25) is 17.6 Å². The molecule has 0 atom stereocenters. The lowest BCUT2D eigenvalue weighted by molar-refractivity contribution is -0.126. The van der Waals surface area contributed by atoms with Crippen molar-refractivity contribution in [1.29, 1.82) is 0 Å². The van der Waals surface area contributed by atoms with Gasteiger partial charge in [0.05, 0.1) is 41.1 Å². The number of piperazine rings is 1. The molecule has 2 heterocycles. The Hall–Kier alpha value is -4.41. The lowest BCUT2D eigenvalue weighted by atomic mass is 10.1. The van der Waals surface area contributed by atoms with Crippen LogP contribution in [0.2, 0.25) is 0 Å². The molecule has 0 aliphatic carbocycles. The van der Waals surface area contributed by atoms with Crippen LogP contribution in [0, 0.1) is 0 Å². The second kappa shape index (κ2) is 11.1. The van der Waals surface area contributed by atoms with Crippen LogP contribution in [0.1, 0.15) is 5.56 Å². The minimum absolute atomic E-state index is 0.0934. The molecule has 1 aliphatic heterocycles. The van der Waals surface area contributed by atoms with Crippen molar-refractivity contribution in [2.45, 2.75) is 0 Å². The molecule has 0 spiro atoms. The number of methoxy groups -OCH3 is 5. The number of carbonyl (C=O) groups is 1. The van der Waals surface area contributed by atoms with E-state index in [0.29, 0.717) is 77.6 Å². The summed E-state index contributed by atoms with van der Waals surface area (Å²) in [5.41, 5.74) is 7.65. The molecule has 11 heteroatoms. The first-order chi connectivity index (χ1) is 17.9. The molecule has 11 nitrogen and oxygen atoms in total. The fourth-order valence-electron chi connectivity index (χ4n) is 4.21. The standard InChI is InChI=1S/C26H31N5O6/c1-33-19-14-17-18(15-20(19)34-2)28-26(29-25(17)27)31-10-8-30(9-11-31)23(32)7-6-16-12-21(35-3)24(37-5)22(13-16)36-4/h6-7,12-15H,8-11H2,1-5H3,(H2,27,28,29)/b7-6+. The summed E-state index contributed by atoms with van der Waals surface area (Å²) < 4.78 is 26.9. The highest BCUT2D eigenvalue weighted by atomic mass is 16.5. The zero-order chi connectivity index (χ0) is 26.5. The maximum atomic E-state index is 12.9. The van der Waals surface area contributed by atoms with Crippen LogP contribution in [0.25, 0.3) is 17.0 Å². The summed E-state index contributed by atoms with van der Waals surface area (Å²) in [7, 11) is 7.78. The first-order valence-electron chi connectivity index (χ1n) is 11.6. The number of nitrogens with two attached hydrogens (primary N) is 1. The van der Waals surface area contributed by atoms with Crippen LogP contribution in [0.5, 0.6) is 28.7 Å². The molecular weight excluding hydrogens is 478 g/mol. The van der Waals surface area contributed by atoms with Crippen LogP contribution >= 0.6 is 0 Å². The average Bonchev–Trinajstić information content (AvgIpc) is 2.94. The Bertz CT molecular complexity index is 1300. The number of hydrogen-bond acceptors (Lipinski definition) is 10. The SMILES string of the molecule is COc1cc2nc(N3CCN(C(=O)/C=C/c4cc(OC)c(OC)c(OC)c4)CC3)nc(N)c2cc1OC. The van der Waals surface area contributed by atoms with E-state index in [4.69, 9.17) is 29.4 Å². The van der Waals surface area contributed by atoms with Gasteiger partial charge in [-0.05, 0) is 29.8 Å². The highest BCUT2D eigenvalue weighted by Crippen LogP contribution is 2.38. The van der Waals surface area contributed by atoms with Crippen LogP contribution < -0.4 is 34.3 Å². The molecule has 0 bridgehead atoms. The number of ether oxygens (including phenoxy) is 5. The smallest absolute Gasteiger partial charge is 0.246 e. The number of carbonyl (C=O) groups excluding carboxylic acids is 1. The van der Waals surface area contributed by atoms with Gasteiger partial charge in [0.25, 0.3) is 0 Å². The molecule has 2 aromatic carbocycles. The number of hydrogen-bond donors (Lipinski definition) is 1. The maximum Gasteiger partial charge on any atom is 0.246 e. The van der Waals surface area contributed by atoms with Crippen molar-refractivity contribution in [3.63, 3.8) is 0 Å². The van der Waals surface area contributed by atoms with Crippen molar-refractivity contribution in [1.82, 2.24) is 14.9 Å². The van der Waals surface area contributed by atoms with Gasteiger partial charge in [-0.2, -0.15) is 4.98 Å². The van der Waals surface area contributed by atoms with Crippen molar-refractivity contribution in [2.24, 2.45) is 0 Å². The fourth-order valence-corrected chi connectivity index (χ4v) is 4.21. The molecule has 1 aliphatic rings. The summed E-state index contributed by atoms with van der Waals surface area (Å²) in [5.74, 6) is 3.44. The third-order valence-electron chi connectivity index (χ3n) is 6.20. The fraction of sp³-hybridized carbons (Fsp3) is 0.346. The minimum atomic E-state index is -0.0934. The number of amides is 1. The predicted molar refractivity (Wildman–Crippen MR) is 141 cm³/mol. The summed E-state index contributed by atoms with van der Waals surface area (Å²) in [5, 5.41) is 0.687. The van der Waals surface area contributed by atoms with Gasteiger partial charge < -0.3 is 39.2 Å². The molecule has 196 valence electrons. The highest BCUT2D eigenvalue weighted by Gasteiger charge is 2.23. The number of fused-ring (bicyclic) bond motifs is 1. The lowest BCUT2D eigenvalue weighted by Crippen LogP contribution is -2.48. The molecule has 1 saturated heterocycles. The lowest BCUT2D eigenvalue weighted by Gasteiger charge is -2.34. The van der Waals surface area contributed by atoms with Gasteiger partial charge in [0.1, 0.15) is 5.82 Å². The Kier molecular flexibility index (Phi) is 7.71. The Morgan fingerprint density at radius 2 is 1.41 bits per heavy atom. The van der Waals surface area contributed by atoms with E-state index in [2.05, 4.69) is 9.97 Å². The summed E-state index contributed by atoms with van der Waals surface area (Å²) in [6.45, 7) is 2.18. The summed E-state index contributed by atoms with van der Waals surface area (Å²) in [6.07, 6.45) is 3.27. The van der Waals surface area contributed by atoms with Gasteiger partial charge >= 0.3 is 0 Å². The van der Waals surface area contributed by atoms with E-state index in [1.54, 1.807) is 76.9 Å². The van der Waals surface area contributed by atoms with Crippen molar-refractivity contribution >= 4 is 34.7 Å². The molecular formula is C26H31N5O6. The van der Waals surface area contributed by atoms with E-state index in [1.165, 1.54) is 0 Å². The number of nitrogens with zero attached hydrogens (tertiary/aromatic N) is 4. The second-order valence-electron chi connectivity index (χ2n) is 8.24. The average molecular weight is 510 g/mol. The van der Waals surface area contributed by atoms with Crippen molar-refractivity contribution < 1.29 is 28.5 Å². The molecule has 3 aromatic rings. The molecule has 37 heavy (non-hydrogen) atoms. The monoisotopic (exact) mass is 509 g/mol. The summed E-state index contributed by atoms with van der Waals surface area (Å²) >= 11 is 0. The molecule has 2 N–H and O–H groups in total. The Labute approximate surface area is 215 Å².